The third-order valence-electron chi connectivity index (χ3n) is 5.42. The van der Waals surface area contributed by atoms with Gasteiger partial charge in [-0.25, -0.2) is 0 Å². The van der Waals surface area contributed by atoms with Crippen LogP contribution in [0.1, 0.15) is 35.8 Å². The van der Waals surface area contributed by atoms with E-state index >= 15 is 0 Å². The van der Waals surface area contributed by atoms with Crippen molar-refractivity contribution in [2.24, 2.45) is 0 Å². The second-order valence-electron chi connectivity index (χ2n) is 8.16. The average Bonchev–Trinajstić information content (AvgIpc) is 3.21. The molecule has 2 aliphatic rings. The molecule has 2 unspecified atom stereocenters. The van der Waals surface area contributed by atoms with E-state index in [4.69, 9.17) is 10.00 Å². The third-order valence-corrected chi connectivity index (χ3v) is 6.59. The fraction of sp³-hybridized carbons (Fsp3) is 0.435. The van der Waals surface area contributed by atoms with Crippen LogP contribution in [0.4, 0.5) is 0 Å². The summed E-state index contributed by atoms with van der Waals surface area (Å²) in [6, 6.07) is 16.8. The number of hydrogen-bond donors (Lipinski definition) is 2. The van der Waals surface area contributed by atoms with E-state index in [1.165, 1.54) is 22.3 Å². The minimum atomic E-state index is -0.128. The van der Waals surface area contributed by atoms with Crippen LogP contribution in [-0.2, 0) is 11.2 Å². The summed E-state index contributed by atoms with van der Waals surface area (Å²) in [5.74, 6) is 0.986. The smallest absolute Gasteiger partial charge is 0.0991 e. The minimum absolute atomic E-state index is 0.128. The highest BCUT2D eigenvalue weighted by molar-refractivity contribution is 7.99. The molecule has 5 heteroatoms. The van der Waals surface area contributed by atoms with E-state index < -0.39 is 0 Å². The number of hydrogen-bond acceptors (Lipinski definition) is 5. The molecule has 2 heterocycles. The van der Waals surface area contributed by atoms with Crippen molar-refractivity contribution in [3.05, 3.63) is 59.2 Å². The molecule has 0 aliphatic carbocycles. The Kier molecular flexibility index (Phi) is 5.75. The average molecular weight is 394 g/mol. The Hall–Kier alpha value is -1.84. The van der Waals surface area contributed by atoms with Crippen LogP contribution in [0.2, 0.25) is 0 Å². The van der Waals surface area contributed by atoms with Crippen LogP contribution < -0.4 is 10.6 Å². The van der Waals surface area contributed by atoms with Gasteiger partial charge in [0.2, 0.25) is 0 Å². The lowest BCUT2D eigenvalue weighted by Crippen LogP contribution is -2.51. The Morgan fingerprint density at radius 1 is 1.14 bits per heavy atom. The first-order chi connectivity index (χ1) is 13.6. The van der Waals surface area contributed by atoms with E-state index in [1.807, 2.05) is 23.9 Å². The molecule has 0 spiro atoms. The molecule has 4 rings (SSSR count). The highest BCUT2D eigenvalue weighted by Crippen LogP contribution is 2.40. The Labute approximate surface area is 171 Å². The van der Waals surface area contributed by atoms with Gasteiger partial charge in [0, 0.05) is 37.2 Å². The van der Waals surface area contributed by atoms with E-state index in [2.05, 4.69) is 60.9 Å². The van der Waals surface area contributed by atoms with Crippen LogP contribution in [0.5, 0.6) is 0 Å². The Balaban J connectivity index is 1.70. The van der Waals surface area contributed by atoms with Crippen molar-refractivity contribution in [3.8, 4) is 17.2 Å². The second-order valence-corrected chi connectivity index (χ2v) is 9.35. The normalized spacial score (nSPS) is 24.0. The summed E-state index contributed by atoms with van der Waals surface area (Å²) < 4.78 is 6.35. The first-order valence-corrected chi connectivity index (χ1v) is 10.9. The molecule has 2 aromatic rings. The number of nitrogens with zero attached hydrogens (tertiary/aromatic N) is 1. The predicted octanol–water partition coefficient (Wildman–Crippen LogP) is 3.87. The Bertz CT molecular complexity index is 866. The molecule has 0 bridgehead atoms. The molecular weight excluding hydrogens is 366 g/mol. The van der Waals surface area contributed by atoms with Gasteiger partial charge in [-0.3, -0.25) is 0 Å². The van der Waals surface area contributed by atoms with Gasteiger partial charge < -0.3 is 15.4 Å². The van der Waals surface area contributed by atoms with Gasteiger partial charge in [0.05, 0.1) is 23.3 Å². The zero-order valence-electron chi connectivity index (χ0n) is 16.5. The first kappa shape index (κ1) is 19.5. The maximum atomic E-state index is 9.11. The van der Waals surface area contributed by atoms with Crippen LogP contribution in [0.25, 0.3) is 11.1 Å². The van der Waals surface area contributed by atoms with Crippen LogP contribution in [0.3, 0.4) is 0 Å². The lowest BCUT2D eigenvalue weighted by Gasteiger charge is -2.37. The van der Waals surface area contributed by atoms with Crippen molar-refractivity contribution in [1.29, 1.82) is 5.26 Å². The number of rotatable bonds is 4. The van der Waals surface area contributed by atoms with Crippen molar-refractivity contribution in [3.63, 3.8) is 0 Å². The SMILES string of the molecule is CC1(C)CNCC(Cc2cccc(-c3ccc(C#N)cc3)c2C2CNCS2)O1. The second kappa shape index (κ2) is 8.26. The fourth-order valence-electron chi connectivity index (χ4n) is 4.17. The molecule has 146 valence electrons. The van der Waals surface area contributed by atoms with Crippen LogP contribution in [0, 0.1) is 11.3 Å². The van der Waals surface area contributed by atoms with Gasteiger partial charge in [0.25, 0.3) is 0 Å². The van der Waals surface area contributed by atoms with E-state index in [0.717, 1.165) is 31.9 Å². The summed E-state index contributed by atoms with van der Waals surface area (Å²) in [4.78, 5) is 0. The molecule has 0 aromatic heterocycles. The largest absolute Gasteiger partial charge is 0.369 e. The predicted molar refractivity (Wildman–Crippen MR) is 115 cm³/mol. The van der Waals surface area contributed by atoms with Gasteiger partial charge in [-0.15, -0.1) is 11.8 Å². The Morgan fingerprint density at radius 2 is 1.96 bits per heavy atom. The third kappa shape index (κ3) is 4.26. The molecule has 2 aliphatic heterocycles. The van der Waals surface area contributed by atoms with E-state index in [0.29, 0.717) is 10.8 Å². The lowest BCUT2D eigenvalue weighted by atomic mass is 9.89. The van der Waals surface area contributed by atoms with Crippen LogP contribution in [-0.4, -0.2) is 37.2 Å². The molecule has 0 amide bonds. The highest BCUT2D eigenvalue weighted by Gasteiger charge is 2.30. The molecule has 2 aromatic carbocycles. The zero-order valence-corrected chi connectivity index (χ0v) is 17.3. The summed E-state index contributed by atoms with van der Waals surface area (Å²) in [5, 5.41) is 16.6. The molecule has 2 N–H and O–H groups in total. The number of morpholine rings is 1. The van der Waals surface area contributed by atoms with Gasteiger partial charge in [-0.05, 0) is 48.2 Å². The highest BCUT2D eigenvalue weighted by atomic mass is 32.2. The quantitative estimate of drug-likeness (QED) is 0.826. The van der Waals surface area contributed by atoms with Gasteiger partial charge in [0.1, 0.15) is 0 Å². The van der Waals surface area contributed by atoms with Crippen LogP contribution >= 0.6 is 11.8 Å². The summed E-state index contributed by atoms with van der Waals surface area (Å²) >= 11 is 1.97. The van der Waals surface area contributed by atoms with E-state index in [1.54, 1.807) is 0 Å². The first-order valence-electron chi connectivity index (χ1n) is 9.89. The minimum Gasteiger partial charge on any atom is -0.369 e. The van der Waals surface area contributed by atoms with E-state index in [-0.39, 0.29) is 11.7 Å². The molecular formula is C23H27N3OS. The maximum Gasteiger partial charge on any atom is 0.0991 e. The summed E-state index contributed by atoms with van der Waals surface area (Å²) in [6.07, 6.45) is 1.09. The standard InChI is InChI=1S/C23H27N3OS/c1-23(2)14-25-12-19(27-23)10-18-4-3-5-20(22(18)21-13-26-15-28-21)17-8-6-16(11-24)7-9-17/h3-9,19,21,25-26H,10,12-15H2,1-2H3. The van der Waals surface area contributed by atoms with E-state index in [9.17, 15) is 0 Å². The van der Waals surface area contributed by atoms with Crippen molar-refractivity contribution >= 4 is 11.8 Å². The maximum absolute atomic E-state index is 9.11. The lowest BCUT2D eigenvalue weighted by molar-refractivity contribution is -0.0928. The fourth-order valence-corrected chi connectivity index (χ4v) is 5.29. The summed E-state index contributed by atoms with van der Waals surface area (Å²) in [7, 11) is 0. The number of nitrogens with one attached hydrogen (secondary N) is 2. The summed E-state index contributed by atoms with van der Waals surface area (Å²) in [6.45, 7) is 7.07. The monoisotopic (exact) mass is 393 g/mol. The number of ether oxygens (including phenoxy) is 1. The molecule has 4 nitrogen and oxygen atoms in total. The molecule has 0 saturated carbocycles. The van der Waals surface area contributed by atoms with Crippen molar-refractivity contribution in [1.82, 2.24) is 10.6 Å². The Morgan fingerprint density at radius 3 is 2.64 bits per heavy atom. The van der Waals surface area contributed by atoms with Crippen molar-refractivity contribution < 1.29 is 4.74 Å². The molecule has 0 radical (unpaired) electrons. The van der Waals surface area contributed by atoms with Crippen molar-refractivity contribution in [2.75, 3.05) is 25.5 Å². The van der Waals surface area contributed by atoms with Crippen LogP contribution in [0.15, 0.2) is 42.5 Å². The molecule has 2 fully saturated rings. The number of thioether (sulfide) groups is 1. The topological polar surface area (TPSA) is 57.1 Å². The molecule has 2 saturated heterocycles. The molecule has 28 heavy (non-hydrogen) atoms. The molecule has 2 atom stereocenters. The summed E-state index contributed by atoms with van der Waals surface area (Å²) in [5.41, 5.74) is 5.79. The number of benzene rings is 2. The van der Waals surface area contributed by atoms with Gasteiger partial charge >= 0.3 is 0 Å². The number of nitriles is 1. The zero-order chi connectivity index (χ0) is 19.6. The van der Waals surface area contributed by atoms with Gasteiger partial charge in [-0.2, -0.15) is 5.26 Å². The van der Waals surface area contributed by atoms with Gasteiger partial charge in [0.15, 0.2) is 0 Å². The van der Waals surface area contributed by atoms with Gasteiger partial charge in [-0.1, -0.05) is 30.3 Å². The van der Waals surface area contributed by atoms with Crippen molar-refractivity contribution in [2.45, 2.75) is 37.2 Å².